The highest BCUT2D eigenvalue weighted by Gasteiger charge is 2.47. The van der Waals surface area contributed by atoms with E-state index in [9.17, 15) is 19.8 Å². The average molecular weight is 469 g/mol. The number of carbonyl (C=O) groups is 2. The number of ether oxygens (including phenoxy) is 2. The Morgan fingerprint density at radius 2 is 1.71 bits per heavy atom. The molecule has 8 heteroatoms. The molecule has 0 aromatic heterocycles. The normalized spacial score (nSPS) is 21.1. The monoisotopic (exact) mass is 468 g/mol. The predicted molar refractivity (Wildman–Crippen MR) is 126 cm³/mol. The van der Waals surface area contributed by atoms with Crippen molar-refractivity contribution < 1.29 is 29.3 Å². The van der Waals surface area contributed by atoms with E-state index in [1.165, 1.54) is 0 Å². The number of hydrogen-bond donors (Lipinski definition) is 3. The summed E-state index contributed by atoms with van der Waals surface area (Å²) in [4.78, 5) is 26.6. The SMILES string of the molecule is CC(C)(C)O[C@H](O)CN1CC[C@@](NC(=O)OCC2c3ccccc3-c3ccccc32)(C(=O)O)C1. The maximum Gasteiger partial charge on any atom is 0.408 e. The molecule has 1 amide bonds. The minimum atomic E-state index is -1.48. The Bertz CT molecular complexity index is 1020. The zero-order valence-electron chi connectivity index (χ0n) is 19.8. The Morgan fingerprint density at radius 3 is 2.26 bits per heavy atom. The molecule has 2 aromatic rings. The van der Waals surface area contributed by atoms with E-state index in [1.54, 1.807) is 4.90 Å². The van der Waals surface area contributed by atoms with Crippen molar-refractivity contribution in [1.29, 1.82) is 0 Å². The predicted octanol–water partition coefficient (Wildman–Crippen LogP) is 3.19. The van der Waals surface area contributed by atoms with Crippen LogP contribution in [-0.4, -0.2) is 70.8 Å². The molecule has 4 rings (SSSR count). The maximum atomic E-state index is 12.7. The fraction of sp³-hybridized carbons (Fsp3) is 0.462. The fourth-order valence-electron chi connectivity index (χ4n) is 4.87. The van der Waals surface area contributed by atoms with Crippen molar-refractivity contribution in [3.63, 3.8) is 0 Å². The number of hydrogen-bond acceptors (Lipinski definition) is 6. The third kappa shape index (κ3) is 5.09. The lowest BCUT2D eigenvalue weighted by molar-refractivity contribution is -0.173. The number of carbonyl (C=O) groups excluding carboxylic acids is 1. The van der Waals surface area contributed by atoms with E-state index in [0.717, 1.165) is 22.3 Å². The summed E-state index contributed by atoms with van der Waals surface area (Å²) in [6.45, 7) is 6.22. The number of fused-ring (bicyclic) bond motifs is 3. The first-order valence-electron chi connectivity index (χ1n) is 11.5. The molecule has 2 aromatic carbocycles. The summed E-state index contributed by atoms with van der Waals surface area (Å²) >= 11 is 0. The van der Waals surface area contributed by atoms with E-state index in [-0.39, 0.29) is 32.0 Å². The highest BCUT2D eigenvalue weighted by atomic mass is 16.6. The lowest BCUT2D eigenvalue weighted by Crippen LogP contribution is -2.56. The molecule has 1 aliphatic heterocycles. The highest BCUT2D eigenvalue weighted by Crippen LogP contribution is 2.44. The molecule has 0 bridgehead atoms. The van der Waals surface area contributed by atoms with Crippen LogP contribution in [0.4, 0.5) is 4.79 Å². The molecule has 0 unspecified atom stereocenters. The summed E-state index contributed by atoms with van der Waals surface area (Å²) in [6, 6.07) is 16.1. The van der Waals surface area contributed by atoms with Gasteiger partial charge in [-0.15, -0.1) is 0 Å². The number of nitrogens with zero attached hydrogens (tertiary/aromatic N) is 1. The Kier molecular flexibility index (Phi) is 6.66. The van der Waals surface area contributed by atoms with Gasteiger partial charge in [0.25, 0.3) is 0 Å². The molecule has 0 spiro atoms. The van der Waals surface area contributed by atoms with Gasteiger partial charge in [0.15, 0.2) is 11.8 Å². The lowest BCUT2D eigenvalue weighted by Gasteiger charge is -2.29. The van der Waals surface area contributed by atoms with Crippen molar-refractivity contribution >= 4 is 12.1 Å². The van der Waals surface area contributed by atoms with Gasteiger partial charge in [0.05, 0.1) is 5.60 Å². The molecule has 0 saturated carbocycles. The highest BCUT2D eigenvalue weighted by molar-refractivity contribution is 5.85. The summed E-state index contributed by atoms with van der Waals surface area (Å²) in [5.41, 5.74) is 2.41. The molecule has 1 saturated heterocycles. The van der Waals surface area contributed by atoms with Gasteiger partial charge in [0, 0.05) is 25.6 Å². The molecule has 2 aliphatic rings. The van der Waals surface area contributed by atoms with Crippen molar-refractivity contribution in [3.05, 3.63) is 59.7 Å². The Labute approximate surface area is 199 Å². The largest absolute Gasteiger partial charge is 0.479 e. The number of aliphatic carboxylic acids is 1. The minimum absolute atomic E-state index is 0.0527. The molecule has 1 heterocycles. The fourth-order valence-corrected chi connectivity index (χ4v) is 4.87. The van der Waals surface area contributed by atoms with Crippen LogP contribution < -0.4 is 5.32 Å². The Balaban J connectivity index is 1.39. The number of carboxylic acids is 1. The van der Waals surface area contributed by atoms with Gasteiger partial charge in [-0.05, 0) is 49.4 Å². The average Bonchev–Trinajstić information content (AvgIpc) is 3.30. The van der Waals surface area contributed by atoms with Crippen molar-refractivity contribution in [2.75, 3.05) is 26.2 Å². The summed E-state index contributed by atoms with van der Waals surface area (Å²) in [6.07, 6.45) is -1.62. The summed E-state index contributed by atoms with van der Waals surface area (Å²) in [5.74, 6) is -1.24. The zero-order chi connectivity index (χ0) is 24.5. The van der Waals surface area contributed by atoms with Gasteiger partial charge >= 0.3 is 12.1 Å². The molecular formula is C26H32N2O6. The molecule has 34 heavy (non-hydrogen) atoms. The maximum absolute atomic E-state index is 12.7. The molecule has 1 aliphatic carbocycles. The van der Waals surface area contributed by atoms with Crippen LogP contribution >= 0.6 is 0 Å². The van der Waals surface area contributed by atoms with Gasteiger partial charge in [-0.25, -0.2) is 9.59 Å². The number of alkyl carbamates (subject to hydrolysis) is 1. The van der Waals surface area contributed by atoms with E-state index in [4.69, 9.17) is 9.47 Å². The van der Waals surface area contributed by atoms with Gasteiger partial charge in [-0.2, -0.15) is 0 Å². The number of benzene rings is 2. The second-order valence-corrected chi connectivity index (χ2v) is 10.0. The van der Waals surface area contributed by atoms with Gasteiger partial charge in [-0.3, -0.25) is 4.90 Å². The molecule has 182 valence electrons. The van der Waals surface area contributed by atoms with Gasteiger partial charge in [-0.1, -0.05) is 48.5 Å². The molecule has 1 fully saturated rings. The Morgan fingerprint density at radius 1 is 1.12 bits per heavy atom. The zero-order valence-corrected chi connectivity index (χ0v) is 19.8. The van der Waals surface area contributed by atoms with Crippen LogP contribution in [0.15, 0.2) is 48.5 Å². The minimum Gasteiger partial charge on any atom is -0.479 e. The van der Waals surface area contributed by atoms with E-state index in [0.29, 0.717) is 6.54 Å². The van der Waals surface area contributed by atoms with Crippen molar-refractivity contribution in [2.45, 2.75) is 50.5 Å². The number of likely N-dealkylation sites (tertiary alicyclic amines) is 1. The van der Waals surface area contributed by atoms with Crippen LogP contribution in [-0.2, 0) is 14.3 Å². The third-order valence-corrected chi connectivity index (χ3v) is 6.35. The molecule has 3 N–H and O–H groups in total. The van der Waals surface area contributed by atoms with Crippen molar-refractivity contribution in [1.82, 2.24) is 10.2 Å². The first kappa shape index (κ1) is 24.2. The second-order valence-electron chi connectivity index (χ2n) is 10.0. The van der Waals surface area contributed by atoms with Crippen LogP contribution in [0.2, 0.25) is 0 Å². The van der Waals surface area contributed by atoms with Crippen molar-refractivity contribution in [2.24, 2.45) is 0 Å². The number of aliphatic hydroxyl groups is 1. The number of aliphatic hydroxyl groups excluding tert-OH is 1. The van der Waals surface area contributed by atoms with E-state index >= 15 is 0 Å². The smallest absolute Gasteiger partial charge is 0.408 e. The van der Waals surface area contributed by atoms with Crippen LogP contribution in [0.3, 0.4) is 0 Å². The first-order chi connectivity index (χ1) is 16.1. The van der Waals surface area contributed by atoms with Crippen LogP contribution in [0.1, 0.15) is 44.2 Å². The lowest BCUT2D eigenvalue weighted by atomic mass is 9.98. The molecular weight excluding hydrogens is 436 g/mol. The number of amides is 1. The number of nitrogens with one attached hydrogen (secondary N) is 1. The number of carboxylic acid groups (broad SMARTS) is 1. The van der Waals surface area contributed by atoms with E-state index < -0.39 is 29.5 Å². The summed E-state index contributed by atoms with van der Waals surface area (Å²) in [5, 5.41) is 22.7. The topological polar surface area (TPSA) is 108 Å². The number of β-amino-alcohol motifs (C(OH)–C–C–N with tert-alkyl or cyclic N) is 1. The van der Waals surface area contributed by atoms with Gasteiger partial charge in [0.1, 0.15) is 6.61 Å². The van der Waals surface area contributed by atoms with Crippen LogP contribution in [0.5, 0.6) is 0 Å². The van der Waals surface area contributed by atoms with E-state index in [1.807, 2.05) is 57.2 Å². The van der Waals surface area contributed by atoms with Gasteiger partial charge < -0.3 is 25.0 Å². The molecule has 0 radical (unpaired) electrons. The van der Waals surface area contributed by atoms with Crippen molar-refractivity contribution in [3.8, 4) is 11.1 Å². The standard InChI is InChI=1S/C26H32N2O6/c1-25(2,3)34-22(29)14-28-13-12-26(16-28,23(30)31)27-24(32)33-15-21-19-10-6-4-8-17(19)18-9-5-7-11-20(18)21/h4-11,21-22,29H,12-16H2,1-3H3,(H,27,32)(H,30,31)/t22-,26-/m0/s1. The Hall–Kier alpha value is -2.94. The summed E-state index contributed by atoms with van der Waals surface area (Å²) < 4.78 is 11.1. The van der Waals surface area contributed by atoms with Gasteiger partial charge in [0.2, 0.25) is 0 Å². The summed E-state index contributed by atoms with van der Waals surface area (Å²) in [7, 11) is 0. The van der Waals surface area contributed by atoms with Crippen LogP contribution in [0, 0.1) is 0 Å². The number of rotatable bonds is 7. The van der Waals surface area contributed by atoms with E-state index in [2.05, 4.69) is 17.4 Å². The quantitative estimate of drug-likeness (QED) is 0.536. The molecule has 8 nitrogen and oxygen atoms in total. The third-order valence-electron chi connectivity index (χ3n) is 6.35. The van der Waals surface area contributed by atoms with Crippen LogP contribution in [0.25, 0.3) is 11.1 Å². The molecule has 2 atom stereocenters. The second kappa shape index (κ2) is 9.37. The first-order valence-corrected chi connectivity index (χ1v) is 11.5.